The van der Waals surface area contributed by atoms with Gasteiger partial charge in [-0.1, -0.05) is 30.3 Å². The summed E-state index contributed by atoms with van der Waals surface area (Å²) in [7, 11) is 0. The van der Waals surface area contributed by atoms with Crippen LogP contribution in [-0.4, -0.2) is 53.6 Å². The van der Waals surface area contributed by atoms with Gasteiger partial charge in [0.05, 0.1) is 12.7 Å². The van der Waals surface area contributed by atoms with E-state index in [1.54, 1.807) is 16.7 Å². The monoisotopic (exact) mass is 395 g/mol. The Hall–Kier alpha value is -1.24. The molecule has 1 fully saturated rings. The zero-order valence-corrected chi connectivity index (χ0v) is 18.2. The Bertz CT molecular complexity index is 600. The van der Waals surface area contributed by atoms with E-state index in [9.17, 15) is 4.79 Å². The van der Waals surface area contributed by atoms with E-state index in [0.717, 1.165) is 11.3 Å². The lowest BCUT2D eigenvalue weighted by Crippen LogP contribution is -2.43. The molecule has 1 aliphatic rings. The SMILES string of the molecule is CSC[C@H](CN(Cc1ccccc1)C(=O)OC(C)(C)C)[C@H]1COC(C)(C)O1. The zero-order valence-electron chi connectivity index (χ0n) is 17.4. The van der Waals surface area contributed by atoms with Crippen LogP contribution in [0.15, 0.2) is 30.3 Å². The molecule has 6 heteroatoms. The van der Waals surface area contributed by atoms with Crippen LogP contribution in [-0.2, 0) is 20.8 Å². The van der Waals surface area contributed by atoms with Crippen molar-refractivity contribution >= 4 is 17.9 Å². The fourth-order valence-corrected chi connectivity index (χ4v) is 3.80. The third kappa shape index (κ3) is 7.35. The maximum absolute atomic E-state index is 12.9. The molecule has 0 aliphatic carbocycles. The topological polar surface area (TPSA) is 48.0 Å². The van der Waals surface area contributed by atoms with Crippen molar-refractivity contribution in [3.8, 4) is 0 Å². The molecule has 0 spiro atoms. The number of hydrogen-bond acceptors (Lipinski definition) is 5. The van der Waals surface area contributed by atoms with Crippen molar-refractivity contribution in [3.05, 3.63) is 35.9 Å². The molecule has 0 aromatic heterocycles. The van der Waals surface area contributed by atoms with Crippen LogP contribution in [0.3, 0.4) is 0 Å². The van der Waals surface area contributed by atoms with Gasteiger partial charge < -0.3 is 19.1 Å². The number of carbonyl (C=O) groups is 1. The molecule has 1 aromatic rings. The molecule has 0 saturated carbocycles. The van der Waals surface area contributed by atoms with Gasteiger partial charge in [-0.05, 0) is 46.4 Å². The number of benzene rings is 1. The van der Waals surface area contributed by atoms with Gasteiger partial charge in [-0.3, -0.25) is 0 Å². The first-order valence-electron chi connectivity index (χ1n) is 9.42. The van der Waals surface area contributed by atoms with E-state index in [1.165, 1.54) is 0 Å². The first-order valence-corrected chi connectivity index (χ1v) is 10.8. The second-order valence-electron chi connectivity index (χ2n) is 8.43. The fourth-order valence-electron chi connectivity index (χ4n) is 3.06. The lowest BCUT2D eigenvalue weighted by molar-refractivity contribution is -0.144. The zero-order chi connectivity index (χ0) is 20.1. The predicted octanol–water partition coefficient (Wildman–Crippen LogP) is 4.55. The average molecular weight is 396 g/mol. The van der Waals surface area contributed by atoms with E-state index in [1.807, 2.05) is 65.0 Å². The van der Waals surface area contributed by atoms with Gasteiger partial charge in [-0.15, -0.1) is 0 Å². The molecule has 152 valence electrons. The maximum atomic E-state index is 12.9. The van der Waals surface area contributed by atoms with Crippen LogP contribution in [0.25, 0.3) is 0 Å². The smallest absolute Gasteiger partial charge is 0.410 e. The molecule has 27 heavy (non-hydrogen) atoms. The molecule has 2 rings (SSSR count). The number of hydrogen-bond donors (Lipinski definition) is 0. The van der Waals surface area contributed by atoms with Gasteiger partial charge in [0.1, 0.15) is 5.60 Å². The fraction of sp³-hybridized carbons (Fsp3) is 0.667. The quantitative estimate of drug-likeness (QED) is 0.678. The Kier molecular flexibility index (Phi) is 7.60. The van der Waals surface area contributed by atoms with Gasteiger partial charge in [0, 0.05) is 24.8 Å². The third-order valence-electron chi connectivity index (χ3n) is 4.26. The Balaban J connectivity index is 2.15. The van der Waals surface area contributed by atoms with Crippen molar-refractivity contribution in [2.75, 3.05) is 25.2 Å². The summed E-state index contributed by atoms with van der Waals surface area (Å²) >= 11 is 1.76. The van der Waals surface area contributed by atoms with Gasteiger partial charge >= 0.3 is 6.09 Å². The Morgan fingerprint density at radius 1 is 1.33 bits per heavy atom. The van der Waals surface area contributed by atoms with E-state index in [0.29, 0.717) is 19.7 Å². The first kappa shape index (κ1) is 22.1. The van der Waals surface area contributed by atoms with Crippen molar-refractivity contribution in [2.24, 2.45) is 5.92 Å². The highest BCUT2D eigenvalue weighted by Crippen LogP contribution is 2.29. The summed E-state index contributed by atoms with van der Waals surface area (Å²) in [5.41, 5.74) is 0.547. The molecule has 0 radical (unpaired) electrons. The van der Waals surface area contributed by atoms with Crippen molar-refractivity contribution in [3.63, 3.8) is 0 Å². The van der Waals surface area contributed by atoms with E-state index in [2.05, 4.69) is 6.26 Å². The number of rotatable bonds is 7. The second-order valence-corrected chi connectivity index (χ2v) is 9.34. The van der Waals surface area contributed by atoms with Gasteiger partial charge in [0.15, 0.2) is 5.79 Å². The lowest BCUT2D eigenvalue weighted by atomic mass is 10.0. The minimum absolute atomic E-state index is 0.0341. The van der Waals surface area contributed by atoms with Crippen molar-refractivity contribution in [2.45, 2.75) is 58.7 Å². The summed E-state index contributed by atoms with van der Waals surface area (Å²) in [6, 6.07) is 10.00. The van der Waals surface area contributed by atoms with Crippen molar-refractivity contribution in [1.29, 1.82) is 0 Å². The largest absolute Gasteiger partial charge is 0.444 e. The minimum atomic E-state index is -0.572. The molecule has 0 unspecified atom stereocenters. The molecule has 1 amide bonds. The summed E-state index contributed by atoms with van der Waals surface area (Å²) in [6.07, 6.45) is 1.74. The minimum Gasteiger partial charge on any atom is -0.444 e. The summed E-state index contributed by atoms with van der Waals surface area (Å²) in [4.78, 5) is 14.7. The Labute approximate surface area is 167 Å². The maximum Gasteiger partial charge on any atom is 0.410 e. The molecule has 1 aliphatic heterocycles. The van der Waals surface area contributed by atoms with Crippen molar-refractivity contribution in [1.82, 2.24) is 4.90 Å². The molecular weight excluding hydrogens is 362 g/mol. The van der Waals surface area contributed by atoms with Crippen LogP contribution < -0.4 is 0 Å². The van der Waals surface area contributed by atoms with Gasteiger partial charge in [0.2, 0.25) is 0 Å². The highest BCUT2D eigenvalue weighted by Gasteiger charge is 2.38. The predicted molar refractivity (Wildman–Crippen MR) is 110 cm³/mol. The molecule has 1 heterocycles. The van der Waals surface area contributed by atoms with E-state index < -0.39 is 11.4 Å². The second kappa shape index (κ2) is 9.30. The van der Waals surface area contributed by atoms with E-state index in [-0.39, 0.29) is 18.1 Å². The molecular formula is C21H33NO4S. The highest BCUT2D eigenvalue weighted by molar-refractivity contribution is 7.98. The van der Waals surface area contributed by atoms with Crippen LogP contribution in [0.2, 0.25) is 0 Å². The van der Waals surface area contributed by atoms with Crippen LogP contribution in [0, 0.1) is 5.92 Å². The molecule has 0 bridgehead atoms. The van der Waals surface area contributed by atoms with E-state index >= 15 is 0 Å². The highest BCUT2D eigenvalue weighted by atomic mass is 32.2. The van der Waals surface area contributed by atoms with Crippen LogP contribution >= 0.6 is 11.8 Å². The van der Waals surface area contributed by atoms with Crippen LogP contribution in [0.4, 0.5) is 4.79 Å². The number of carbonyl (C=O) groups excluding carboxylic acids is 1. The molecule has 5 nitrogen and oxygen atoms in total. The lowest BCUT2D eigenvalue weighted by Gasteiger charge is -2.32. The van der Waals surface area contributed by atoms with Gasteiger partial charge in [-0.2, -0.15) is 11.8 Å². The van der Waals surface area contributed by atoms with Crippen LogP contribution in [0.5, 0.6) is 0 Å². The number of thioether (sulfide) groups is 1. The van der Waals surface area contributed by atoms with Gasteiger partial charge in [-0.25, -0.2) is 4.79 Å². The first-order chi connectivity index (χ1) is 12.6. The summed E-state index contributed by atoms with van der Waals surface area (Å²) in [6.45, 7) is 11.2. The number of amides is 1. The van der Waals surface area contributed by atoms with Crippen LogP contribution in [0.1, 0.15) is 40.2 Å². The third-order valence-corrected chi connectivity index (χ3v) is 5.02. The molecule has 1 saturated heterocycles. The number of ether oxygens (including phenoxy) is 3. The van der Waals surface area contributed by atoms with Gasteiger partial charge in [0.25, 0.3) is 0 Å². The summed E-state index contributed by atoms with van der Waals surface area (Å²) < 4.78 is 17.5. The Morgan fingerprint density at radius 2 is 2.00 bits per heavy atom. The molecule has 0 N–H and O–H groups in total. The Morgan fingerprint density at radius 3 is 2.52 bits per heavy atom. The normalized spacial score (nSPS) is 20.3. The average Bonchev–Trinajstić information content (AvgIpc) is 2.93. The molecule has 1 aromatic carbocycles. The molecule has 2 atom stereocenters. The van der Waals surface area contributed by atoms with E-state index in [4.69, 9.17) is 14.2 Å². The van der Waals surface area contributed by atoms with Crippen molar-refractivity contribution < 1.29 is 19.0 Å². The summed E-state index contributed by atoms with van der Waals surface area (Å²) in [5, 5.41) is 0. The number of nitrogens with zero attached hydrogens (tertiary/aromatic N) is 1. The standard InChI is InChI=1S/C21H33NO4S/c1-20(2,3)26-19(23)22(12-16-10-8-7-9-11-16)13-17(15-27-6)18-14-24-21(4,5)25-18/h7-11,17-18H,12-15H2,1-6H3/t17-,18+/m0/s1. The summed E-state index contributed by atoms with van der Waals surface area (Å²) in [5.74, 6) is 0.480.